The number of likely N-dealkylation sites (N-methyl/N-ethyl adjacent to an activating group) is 1. The van der Waals surface area contributed by atoms with Crippen molar-refractivity contribution >= 4 is 11.3 Å². The summed E-state index contributed by atoms with van der Waals surface area (Å²) >= 11 is 1.64. The number of H-pyrrole nitrogens is 1. The van der Waals surface area contributed by atoms with Crippen molar-refractivity contribution in [2.24, 2.45) is 0 Å². The van der Waals surface area contributed by atoms with Gasteiger partial charge in [-0.1, -0.05) is 0 Å². The molecule has 0 amide bonds. The van der Waals surface area contributed by atoms with Gasteiger partial charge in [-0.3, -0.25) is 10.00 Å². The zero-order valence-electron chi connectivity index (χ0n) is 13.0. The maximum atomic E-state index is 13.9. The van der Waals surface area contributed by atoms with Crippen LogP contribution in [0.25, 0.3) is 0 Å². The van der Waals surface area contributed by atoms with Crippen molar-refractivity contribution in [3.05, 3.63) is 34.0 Å². The number of halogens is 1. The lowest BCUT2D eigenvalue weighted by atomic mass is 10.2. The van der Waals surface area contributed by atoms with Crippen LogP contribution in [0.5, 0.6) is 0 Å². The van der Waals surface area contributed by atoms with Crippen LogP contribution < -0.4 is 0 Å². The van der Waals surface area contributed by atoms with E-state index in [1.54, 1.807) is 11.3 Å². The first kappa shape index (κ1) is 15.6. The van der Waals surface area contributed by atoms with Gasteiger partial charge >= 0.3 is 0 Å². The first-order valence-electron chi connectivity index (χ1n) is 7.55. The fourth-order valence-corrected chi connectivity index (χ4v) is 3.70. The average Bonchev–Trinajstić information content (AvgIpc) is 3.16. The van der Waals surface area contributed by atoms with E-state index in [4.69, 9.17) is 0 Å². The first-order chi connectivity index (χ1) is 10.6. The van der Waals surface area contributed by atoms with Gasteiger partial charge in [0.05, 0.1) is 12.7 Å². The monoisotopic (exact) mass is 323 g/mol. The highest BCUT2D eigenvalue weighted by atomic mass is 32.1. The number of aromatic amines is 1. The van der Waals surface area contributed by atoms with Crippen LogP contribution in [0, 0.1) is 6.92 Å². The molecule has 7 heteroatoms. The molecule has 1 fully saturated rings. The Hall–Kier alpha value is -1.31. The Morgan fingerprint density at radius 1 is 1.55 bits per heavy atom. The highest BCUT2D eigenvalue weighted by molar-refractivity contribution is 7.09. The van der Waals surface area contributed by atoms with Gasteiger partial charge in [-0.25, -0.2) is 9.37 Å². The van der Waals surface area contributed by atoms with Crippen LogP contribution in [0.15, 0.2) is 17.8 Å². The lowest BCUT2D eigenvalue weighted by molar-refractivity contribution is 0.180. The van der Waals surface area contributed by atoms with E-state index in [9.17, 15) is 4.39 Å². The molecule has 0 radical (unpaired) electrons. The number of aromatic nitrogens is 3. The molecular weight excluding hydrogens is 301 g/mol. The molecule has 2 aromatic rings. The van der Waals surface area contributed by atoms with Crippen LogP contribution in [0.4, 0.5) is 4.39 Å². The summed E-state index contributed by atoms with van der Waals surface area (Å²) in [5.74, 6) is 0. The lowest BCUT2D eigenvalue weighted by Gasteiger charge is -2.27. The van der Waals surface area contributed by atoms with Gasteiger partial charge in [-0.05, 0) is 20.4 Å². The van der Waals surface area contributed by atoms with Gasteiger partial charge in [-0.2, -0.15) is 5.10 Å². The number of nitrogens with one attached hydrogen (secondary N) is 1. The normalized spacial score (nSPS) is 22.7. The van der Waals surface area contributed by atoms with Crippen molar-refractivity contribution in [3.8, 4) is 0 Å². The summed E-state index contributed by atoms with van der Waals surface area (Å²) in [5.41, 5.74) is 2.30. The maximum Gasteiger partial charge on any atom is 0.114 e. The highest BCUT2D eigenvalue weighted by Gasteiger charge is 2.33. The second kappa shape index (κ2) is 6.85. The van der Waals surface area contributed by atoms with Crippen molar-refractivity contribution in [2.75, 3.05) is 20.1 Å². The third kappa shape index (κ3) is 3.71. The van der Waals surface area contributed by atoms with E-state index in [0.29, 0.717) is 13.0 Å². The number of nitrogens with zero attached hydrogens (tertiary/aromatic N) is 4. The van der Waals surface area contributed by atoms with Gasteiger partial charge in [0.25, 0.3) is 0 Å². The molecule has 22 heavy (non-hydrogen) atoms. The van der Waals surface area contributed by atoms with Gasteiger partial charge in [-0.15, -0.1) is 11.3 Å². The Balaban J connectivity index is 1.58. The first-order valence-corrected chi connectivity index (χ1v) is 8.43. The summed E-state index contributed by atoms with van der Waals surface area (Å²) in [5, 5.41) is 10.0. The van der Waals surface area contributed by atoms with Crippen LogP contribution in [0.1, 0.15) is 22.7 Å². The SMILES string of the molecule is Cc1[nH]ncc1CN(C)C[C@@H]1C[C@H](F)CN1Cc1nccs1. The molecule has 120 valence electrons. The number of alkyl halides is 1. The Bertz CT molecular complexity index is 585. The summed E-state index contributed by atoms with van der Waals surface area (Å²) in [4.78, 5) is 8.79. The minimum absolute atomic E-state index is 0.246. The quantitative estimate of drug-likeness (QED) is 0.885. The molecule has 3 heterocycles. The number of hydrogen-bond acceptors (Lipinski definition) is 5. The summed E-state index contributed by atoms with van der Waals surface area (Å²) in [6.45, 7) is 4.99. The largest absolute Gasteiger partial charge is 0.300 e. The van der Waals surface area contributed by atoms with Crippen LogP contribution in [0.3, 0.4) is 0 Å². The lowest BCUT2D eigenvalue weighted by Crippen LogP contribution is -2.38. The van der Waals surface area contributed by atoms with E-state index in [2.05, 4.69) is 32.0 Å². The molecule has 2 aromatic heterocycles. The number of rotatable bonds is 6. The van der Waals surface area contributed by atoms with Crippen LogP contribution >= 0.6 is 11.3 Å². The van der Waals surface area contributed by atoms with Crippen molar-refractivity contribution in [1.82, 2.24) is 25.0 Å². The van der Waals surface area contributed by atoms with Gasteiger partial charge in [0.2, 0.25) is 0 Å². The molecule has 0 spiro atoms. The fourth-order valence-electron chi connectivity index (χ4n) is 3.06. The summed E-state index contributed by atoms with van der Waals surface area (Å²) < 4.78 is 13.9. The van der Waals surface area contributed by atoms with E-state index in [1.807, 2.05) is 24.7 Å². The Morgan fingerprint density at radius 2 is 2.41 bits per heavy atom. The van der Waals surface area contributed by atoms with Crippen LogP contribution in [0.2, 0.25) is 0 Å². The smallest absolute Gasteiger partial charge is 0.114 e. The molecule has 2 atom stereocenters. The van der Waals surface area contributed by atoms with Gasteiger partial charge in [0.15, 0.2) is 0 Å². The minimum Gasteiger partial charge on any atom is -0.300 e. The number of aryl methyl sites for hydroxylation is 1. The summed E-state index contributed by atoms with van der Waals surface area (Å²) in [6, 6.07) is 0.246. The number of thiazole rings is 1. The molecular formula is C15H22FN5S. The second-order valence-corrected chi connectivity index (χ2v) is 7.04. The molecule has 1 saturated heterocycles. The van der Waals surface area contributed by atoms with Gasteiger partial charge < -0.3 is 4.90 Å². The Labute approximate surface area is 134 Å². The van der Waals surface area contributed by atoms with E-state index in [0.717, 1.165) is 30.3 Å². The average molecular weight is 323 g/mol. The molecule has 1 aliphatic rings. The molecule has 0 unspecified atom stereocenters. The van der Waals surface area contributed by atoms with E-state index >= 15 is 0 Å². The van der Waals surface area contributed by atoms with Crippen LogP contribution in [-0.4, -0.2) is 57.3 Å². The third-order valence-electron chi connectivity index (χ3n) is 4.20. The molecule has 0 aliphatic carbocycles. The van der Waals surface area contributed by atoms with E-state index < -0.39 is 6.17 Å². The molecule has 1 aliphatic heterocycles. The summed E-state index contributed by atoms with van der Waals surface area (Å²) in [6.07, 6.45) is 3.56. The highest BCUT2D eigenvalue weighted by Crippen LogP contribution is 2.24. The summed E-state index contributed by atoms with van der Waals surface area (Å²) in [7, 11) is 2.08. The third-order valence-corrected chi connectivity index (χ3v) is 4.96. The second-order valence-electron chi connectivity index (χ2n) is 6.06. The predicted molar refractivity (Wildman–Crippen MR) is 85.5 cm³/mol. The van der Waals surface area contributed by atoms with E-state index in [-0.39, 0.29) is 6.04 Å². The van der Waals surface area contributed by atoms with Crippen molar-refractivity contribution < 1.29 is 4.39 Å². The standard InChI is InChI=1S/C15H22FN5S/c1-11-12(6-18-19-11)7-20(2)9-14-5-13(16)8-21(14)10-15-17-3-4-22-15/h3-4,6,13-14H,5,7-10H2,1-2H3,(H,18,19)/t13-,14-/m0/s1. The molecule has 3 rings (SSSR count). The number of hydrogen-bond donors (Lipinski definition) is 1. The molecule has 1 N–H and O–H groups in total. The predicted octanol–water partition coefficient (Wildman–Crippen LogP) is 2.22. The van der Waals surface area contributed by atoms with Gasteiger partial charge in [0.1, 0.15) is 11.2 Å². The molecule has 0 aromatic carbocycles. The molecule has 5 nitrogen and oxygen atoms in total. The number of likely N-dealkylation sites (tertiary alicyclic amines) is 1. The maximum absolute atomic E-state index is 13.9. The topological polar surface area (TPSA) is 48.1 Å². The molecule has 0 saturated carbocycles. The van der Waals surface area contributed by atoms with Crippen molar-refractivity contribution in [3.63, 3.8) is 0 Å². The van der Waals surface area contributed by atoms with Crippen molar-refractivity contribution in [1.29, 1.82) is 0 Å². The fraction of sp³-hybridized carbons (Fsp3) is 0.600. The zero-order valence-corrected chi connectivity index (χ0v) is 13.8. The van der Waals surface area contributed by atoms with E-state index in [1.165, 1.54) is 5.56 Å². The minimum atomic E-state index is -0.728. The Kier molecular flexibility index (Phi) is 4.85. The Morgan fingerprint density at radius 3 is 3.09 bits per heavy atom. The van der Waals surface area contributed by atoms with Crippen LogP contribution in [-0.2, 0) is 13.1 Å². The van der Waals surface area contributed by atoms with Crippen molar-refractivity contribution in [2.45, 2.75) is 38.6 Å². The molecule has 0 bridgehead atoms. The van der Waals surface area contributed by atoms with Gasteiger partial charge in [0, 0.05) is 48.5 Å². The zero-order chi connectivity index (χ0) is 15.5.